The lowest BCUT2D eigenvalue weighted by Gasteiger charge is -2.19. The molecule has 0 N–H and O–H groups in total. The van der Waals surface area contributed by atoms with Crippen molar-refractivity contribution in [1.82, 2.24) is 0 Å². The Labute approximate surface area is 250 Å². The molecule has 0 fully saturated rings. The van der Waals surface area contributed by atoms with E-state index in [0.29, 0.717) is 0 Å². The van der Waals surface area contributed by atoms with Crippen LogP contribution in [0.1, 0.15) is 37.8 Å². The molecule has 7 aromatic rings. The van der Waals surface area contributed by atoms with Crippen LogP contribution in [0.5, 0.6) is 0 Å². The van der Waals surface area contributed by atoms with Gasteiger partial charge in [0.25, 0.3) is 0 Å². The molecule has 0 aromatic heterocycles. The highest BCUT2D eigenvalue weighted by molar-refractivity contribution is 6.21. The van der Waals surface area contributed by atoms with Crippen LogP contribution in [-0.4, -0.2) is 0 Å². The summed E-state index contributed by atoms with van der Waals surface area (Å²) in [5, 5.41) is 7.74. The highest BCUT2D eigenvalue weighted by Crippen LogP contribution is 2.44. The minimum absolute atomic E-state index is 1.25. The molecule has 0 amide bonds. The van der Waals surface area contributed by atoms with Crippen LogP contribution in [0.2, 0.25) is 0 Å². The predicted molar refractivity (Wildman–Crippen MR) is 185 cm³/mol. The van der Waals surface area contributed by atoms with Gasteiger partial charge < -0.3 is 0 Å². The monoisotopic (exact) mass is 542 g/mol. The number of benzene rings is 7. The first-order valence-corrected chi connectivity index (χ1v) is 15.2. The quantitative estimate of drug-likeness (QED) is 0.194. The summed E-state index contributed by atoms with van der Waals surface area (Å²) in [4.78, 5) is 0. The van der Waals surface area contributed by atoms with Gasteiger partial charge in [-0.1, -0.05) is 154 Å². The van der Waals surface area contributed by atoms with Gasteiger partial charge in [0, 0.05) is 0 Å². The zero-order valence-electron chi connectivity index (χ0n) is 25.1. The highest BCUT2D eigenvalue weighted by atomic mass is 14.2. The van der Waals surface area contributed by atoms with E-state index < -0.39 is 0 Å². The Morgan fingerprint density at radius 3 is 1.36 bits per heavy atom. The second kappa shape index (κ2) is 12.0. The summed E-state index contributed by atoms with van der Waals surface area (Å²) in [6.07, 6.45) is 2.64. The van der Waals surface area contributed by atoms with Gasteiger partial charge in [-0.05, 0) is 96.7 Å². The Balaban J connectivity index is 0.000000744. The third kappa shape index (κ3) is 5.10. The molecular weight excluding hydrogens is 504 g/mol. The predicted octanol–water partition coefficient (Wildman–Crippen LogP) is 12.6. The fraction of sp³-hybridized carbons (Fsp3) is 0.143. The van der Waals surface area contributed by atoms with Crippen LogP contribution in [0.3, 0.4) is 0 Å². The molecule has 0 atom stereocenters. The average molecular weight is 543 g/mol. The maximum Gasteiger partial charge on any atom is -0.00263 e. The van der Waals surface area contributed by atoms with E-state index >= 15 is 0 Å². The molecule has 0 radical (unpaired) electrons. The molecule has 0 heteroatoms. The van der Waals surface area contributed by atoms with E-state index in [-0.39, 0.29) is 0 Å². The first-order valence-electron chi connectivity index (χ1n) is 15.2. The topological polar surface area (TPSA) is 0 Å². The maximum absolute atomic E-state index is 2.38. The molecule has 7 rings (SSSR count). The Hall–Kier alpha value is -4.68. The fourth-order valence-electron chi connectivity index (χ4n) is 6.12. The molecule has 0 aliphatic rings. The van der Waals surface area contributed by atoms with Crippen molar-refractivity contribution in [2.45, 2.75) is 40.5 Å². The zero-order chi connectivity index (χ0) is 29.1. The lowest BCUT2D eigenvalue weighted by Crippen LogP contribution is -1.92. The number of unbranched alkanes of at least 4 members (excludes halogenated alkanes) is 1. The van der Waals surface area contributed by atoms with Crippen molar-refractivity contribution in [2.75, 3.05) is 0 Å². The van der Waals surface area contributed by atoms with Crippen LogP contribution >= 0.6 is 0 Å². The summed E-state index contributed by atoms with van der Waals surface area (Å²) in [7, 11) is 0. The standard InChI is InChI=1S/C38H28.C4H10/c1-25-23-30(20-21-31(25)36-24-29-15-7-6-14-28(29)22-26(36)2)38-34-18-10-8-16-32(34)37(27-12-4-3-5-13-27)33-17-9-11-19-35(33)38;1-3-4-2/h3-24H,1-2H3;3-4H2,1-2H3. The number of aryl methyl sites for hydroxylation is 2. The van der Waals surface area contributed by atoms with Crippen molar-refractivity contribution in [3.63, 3.8) is 0 Å². The van der Waals surface area contributed by atoms with Crippen molar-refractivity contribution < 1.29 is 0 Å². The van der Waals surface area contributed by atoms with Gasteiger partial charge >= 0.3 is 0 Å². The van der Waals surface area contributed by atoms with Crippen molar-refractivity contribution >= 4 is 32.3 Å². The van der Waals surface area contributed by atoms with Crippen LogP contribution in [0, 0.1) is 13.8 Å². The summed E-state index contributed by atoms with van der Waals surface area (Å²) in [5.74, 6) is 0. The van der Waals surface area contributed by atoms with Crippen LogP contribution < -0.4 is 0 Å². The van der Waals surface area contributed by atoms with E-state index in [4.69, 9.17) is 0 Å². The van der Waals surface area contributed by atoms with Crippen LogP contribution in [0.25, 0.3) is 65.7 Å². The second-order valence-corrected chi connectivity index (χ2v) is 11.3. The molecule has 0 saturated carbocycles. The van der Waals surface area contributed by atoms with Crippen molar-refractivity contribution in [1.29, 1.82) is 0 Å². The minimum Gasteiger partial charge on any atom is -0.0654 e. The van der Waals surface area contributed by atoms with Crippen LogP contribution in [0.4, 0.5) is 0 Å². The first kappa shape index (κ1) is 27.5. The zero-order valence-corrected chi connectivity index (χ0v) is 25.1. The largest absolute Gasteiger partial charge is 0.0654 e. The van der Waals surface area contributed by atoms with E-state index in [1.165, 1.54) is 89.7 Å². The molecule has 42 heavy (non-hydrogen) atoms. The van der Waals surface area contributed by atoms with Gasteiger partial charge in [0.15, 0.2) is 0 Å². The molecule has 0 unspecified atom stereocenters. The summed E-state index contributed by atoms with van der Waals surface area (Å²) < 4.78 is 0. The van der Waals surface area contributed by atoms with E-state index in [1.54, 1.807) is 0 Å². The van der Waals surface area contributed by atoms with Gasteiger partial charge in [-0.3, -0.25) is 0 Å². The number of hydrogen-bond acceptors (Lipinski definition) is 0. The normalized spacial score (nSPS) is 11.0. The Morgan fingerprint density at radius 1 is 0.381 bits per heavy atom. The van der Waals surface area contributed by atoms with E-state index in [1.807, 2.05) is 0 Å². The number of rotatable bonds is 4. The fourth-order valence-corrected chi connectivity index (χ4v) is 6.12. The summed E-state index contributed by atoms with van der Waals surface area (Å²) in [6.45, 7) is 8.83. The van der Waals surface area contributed by atoms with E-state index in [9.17, 15) is 0 Å². The minimum atomic E-state index is 1.25. The van der Waals surface area contributed by atoms with Crippen molar-refractivity contribution in [2.24, 2.45) is 0 Å². The second-order valence-electron chi connectivity index (χ2n) is 11.3. The Kier molecular flexibility index (Phi) is 7.89. The van der Waals surface area contributed by atoms with Crippen LogP contribution in [0.15, 0.2) is 133 Å². The highest BCUT2D eigenvalue weighted by Gasteiger charge is 2.17. The molecule has 7 aromatic carbocycles. The third-order valence-electron chi connectivity index (χ3n) is 8.39. The molecule has 206 valence electrons. The van der Waals surface area contributed by atoms with Gasteiger partial charge in [0.05, 0.1) is 0 Å². The molecule has 0 aliphatic heterocycles. The van der Waals surface area contributed by atoms with Gasteiger partial charge in [-0.15, -0.1) is 0 Å². The molecule has 0 nitrogen and oxygen atoms in total. The van der Waals surface area contributed by atoms with Gasteiger partial charge in [-0.25, -0.2) is 0 Å². The molecule has 0 spiro atoms. The molecule has 0 saturated heterocycles. The summed E-state index contributed by atoms with van der Waals surface area (Å²) in [6, 6.07) is 48.8. The number of fused-ring (bicyclic) bond motifs is 3. The first-order chi connectivity index (χ1) is 20.6. The SMILES string of the molecule is CCCC.Cc1cc(-c2c3ccccc3c(-c3ccccc3)c3ccccc23)ccc1-c1cc2ccccc2cc1C. The molecule has 0 heterocycles. The Bertz CT molecular complexity index is 1950. The maximum atomic E-state index is 2.38. The molecular formula is C42H38. The van der Waals surface area contributed by atoms with Crippen molar-refractivity contribution in [3.8, 4) is 33.4 Å². The van der Waals surface area contributed by atoms with E-state index in [2.05, 4.69) is 161 Å². The van der Waals surface area contributed by atoms with Crippen molar-refractivity contribution in [3.05, 3.63) is 145 Å². The number of hydrogen-bond donors (Lipinski definition) is 0. The Morgan fingerprint density at radius 2 is 0.833 bits per heavy atom. The lowest BCUT2D eigenvalue weighted by atomic mass is 9.85. The van der Waals surface area contributed by atoms with E-state index in [0.717, 1.165) is 0 Å². The summed E-state index contributed by atoms with van der Waals surface area (Å²) in [5.41, 5.74) is 10.3. The van der Waals surface area contributed by atoms with Gasteiger partial charge in [0.2, 0.25) is 0 Å². The van der Waals surface area contributed by atoms with Gasteiger partial charge in [-0.2, -0.15) is 0 Å². The van der Waals surface area contributed by atoms with Gasteiger partial charge in [0.1, 0.15) is 0 Å². The molecule has 0 aliphatic carbocycles. The lowest BCUT2D eigenvalue weighted by molar-refractivity contribution is 0.886. The summed E-state index contributed by atoms with van der Waals surface area (Å²) >= 11 is 0. The molecule has 0 bridgehead atoms. The average Bonchev–Trinajstić information content (AvgIpc) is 3.04. The smallest absolute Gasteiger partial charge is 0.00263 e. The third-order valence-corrected chi connectivity index (χ3v) is 8.39. The van der Waals surface area contributed by atoms with Crippen LogP contribution in [-0.2, 0) is 0 Å².